The van der Waals surface area contributed by atoms with E-state index in [-0.39, 0.29) is 0 Å². The lowest BCUT2D eigenvalue weighted by Crippen LogP contribution is -2.06. The van der Waals surface area contributed by atoms with Gasteiger partial charge < -0.3 is 9.47 Å². The Bertz CT molecular complexity index is 130. The van der Waals surface area contributed by atoms with Crippen molar-refractivity contribution in [2.45, 2.75) is 6.92 Å². The summed E-state index contributed by atoms with van der Waals surface area (Å²) in [5.74, 6) is -0.410. The van der Waals surface area contributed by atoms with Gasteiger partial charge >= 0.3 is 5.97 Å². The molecule has 0 radical (unpaired) electrons. The molecule has 0 aromatic carbocycles. The third-order valence-corrected chi connectivity index (χ3v) is 0.698. The molecule has 0 aromatic rings. The van der Waals surface area contributed by atoms with E-state index in [1.165, 1.54) is 0 Å². The first kappa shape index (κ1) is 13.5. The molecule has 3 heteroatoms. The molecule has 70 valence electrons. The highest BCUT2D eigenvalue weighted by Crippen LogP contribution is 1.78. The van der Waals surface area contributed by atoms with Crippen LogP contribution in [0.15, 0.2) is 25.3 Å². The minimum atomic E-state index is -0.410. The Balaban J connectivity index is 0. The second-order valence-corrected chi connectivity index (χ2v) is 1.77. The van der Waals surface area contributed by atoms with Gasteiger partial charge in [0.15, 0.2) is 0 Å². The standard InChI is InChI=1S/C6H10O3.C3H6/c1-3-6(7)9-5-4-8-2;1-3-2/h3H,1,4-5H2,2H3;3H,1H2,2H3. The highest BCUT2D eigenvalue weighted by Gasteiger charge is 1.91. The Morgan fingerprint density at radius 3 is 2.25 bits per heavy atom. The summed E-state index contributed by atoms with van der Waals surface area (Å²) < 4.78 is 9.17. The van der Waals surface area contributed by atoms with Crippen LogP contribution in [0.2, 0.25) is 0 Å². The van der Waals surface area contributed by atoms with Gasteiger partial charge in [0, 0.05) is 13.2 Å². The average Bonchev–Trinajstić information content (AvgIpc) is 2.06. The molecule has 0 unspecified atom stereocenters. The van der Waals surface area contributed by atoms with Gasteiger partial charge in [0.1, 0.15) is 6.61 Å². The number of hydrogen-bond acceptors (Lipinski definition) is 3. The monoisotopic (exact) mass is 172 g/mol. The van der Waals surface area contributed by atoms with Crippen LogP contribution < -0.4 is 0 Å². The summed E-state index contributed by atoms with van der Waals surface area (Å²) in [6.45, 7) is 9.20. The van der Waals surface area contributed by atoms with Crippen molar-refractivity contribution in [1.82, 2.24) is 0 Å². The zero-order chi connectivity index (χ0) is 9.82. The van der Waals surface area contributed by atoms with Gasteiger partial charge in [-0.15, -0.1) is 6.58 Å². The van der Waals surface area contributed by atoms with E-state index >= 15 is 0 Å². The van der Waals surface area contributed by atoms with Crippen LogP contribution >= 0.6 is 0 Å². The van der Waals surface area contributed by atoms with Crippen molar-refractivity contribution in [3.63, 3.8) is 0 Å². The summed E-state index contributed by atoms with van der Waals surface area (Å²) in [5, 5.41) is 0. The molecule has 0 heterocycles. The zero-order valence-electron chi connectivity index (χ0n) is 7.71. The number of carbonyl (C=O) groups excluding carboxylic acids is 1. The van der Waals surface area contributed by atoms with Crippen molar-refractivity contribution >= 4 is 5.97 Å². The molecular formula is C9H16O3. The number of carbonyl (C=O) groups is 1. The predicted octanol–water partition coefficient (Wildman–Crippen LogP) is 1.55. The van der Waals surface area contributed by atoms with Crippen molar-refractivity contribution in [3.05, 3.63) is 25.3 Å². The molecule has 0 spiro atoms. The topological polar surface area (TPSA) is 35.5 Å². The Morgan fingerprint density at radius 2 is 1.92 bits per heavy atom. The summed E-state index contributed by atoms with van der Waals surface area (Å²) in [7, 11) is 1.54. The second kappa shape index (κ2) is 12.6. The number of rotatable bonds is 4. The molecule has 0 amide bonds. The highest BCUT2D eigenvalue weighted by molar-refractivity contribution is 5.81. The Kier molecular flexibility index (Phi) is 14.1. The molecule has 0 saturated carbocycles. The average molecular weight is 172 g/mol. The van der Waals surface area contributed by atoms with Crippen molar-refractivity contribution < 1.29 is 14.3 Å². The van der Waals surface area contributed by atoms with Crippen LogP contribution in [-0.2, 0) is 14.3 Å². The fraction of sp³-hybridized carbons (Fsp3) is 0.444. The van der Waals surface area contributed by atoms with Crippen LogP contribution in [0.4, 0.5) is 0 Å². The van der Waals surface area contributed by atoms with Crippen molar-refractivity contribution in [2.75, 3.05) is 20.3 Å². The first-order valence-electron chi connectivity index (χ1n) is 3.58. The third kappa shape index (κ3) is 16.0. The van der Waals surface area contributed by atoms with Crippen molar-refractivity contribution in [1.29, 1.82) is 0 Å². The maximum Gasteiger partial charge on any atom is 0.330 e. The lowest BCUT2D eigenvalue weighted by atomic mass is 10.6. The summed E-state index contributed by atoms with van der Waals surface area (Å²) in [5.41, 5.74) is 0. The molecule has 0 aliphatic rings. The smallest absolute Gasteiger partial charge is 0.330 e. The third-order valence-electron chi connectivity index (χ3n) is 0.698. The van der Waals surface area contributed by atoms with Gasteiger partial charge in [-0.3, -0.25) is 0 Å². The fourth-order valence-electron chi connectivity index (χ4n) is 0.285. The van der Waals surface area contributed by atoms with Gasteiger partial charge in [0.25, 0.3) is 0 Å². The molecule has 0 N–H and O–H groups in total. The normalized spacial score (nSPS) is 7.50. The number of hydrogen-bond donors (Lipinski definition) is 0. The molecule has 0 rings (SSSR count). The van der Waals surface area contributed by atoms with E-state index in [1.54, 1.807) is 13.2 Å². The van der Waals surface area contributed by atoms with Gasteiger partial charge in [-0.1, -0.05) is 12.7 Å². The van der Waals surface area contributed by atoms with Gasteiger partial charge in [-0.2, -0.15) is 0 Å². The first-order valence-corrected chi connectivity index (χ1v) is 3.58. The minimum absolute atomic E-state index is 0.293. The molecule has 0 fully saturated rings. The SMILES string of the molecule is C=CC.C=CC(=O)OCCOC. The predicted molar refractivity (Wildman–Crippen MR) is 48.9 cm³/mol. The Hall–Kier alpha value is -1.09. The van der Waals surface area contributed by atoms with Gasteiger partial charge in [0.2, 0.25) is 0 Å². The van der Waals surface area contributed by atoms with Gasteiger partial charge in [0.05, 0.1) is 6.61 Å². The largest absolute Gasteiger partial charge is 0.460 e. The summed E-state index contributed by atoms with van der Waals surface area (Å²) >= 11 is 0. The van der Waals surface area contributed by atoms with Crippen LogP contribution in [0.25, 0.3) is 0 Å². The summed E-state index contributed by atoms with van der Waals surface area (Å²) in [6.07, 6.45) is 2.87. The van der Waals surface area contributed by atoms with E-state index in [1.807, 2.05) is 6.92 Å². The quantitative estimate of drug-likeness (QED) is 0.279. The van der Waals surface area contributed by atoms with Crippen LogP contribution in [-0.4, -0.2) is 26.3 Å². The van der Waals surface area contributed by atoms with E-state index in [9.17, 15) is 4.79 Å². The zero-order valence-corrected chi connectivity index (χ0v) is 7.71. The van der Waals surface area contributed by atoms with Crippen molar-refractivity contribution in [2.24, 2.45) is 0 Å². The molecule has 0 saturated heterocycles. The van der Waals surface area contributed by atoms with E-state index in [2.05, 4.69) is 22.6 Å². The van der Waals surface area contributed by atoms with Crippen LogP contribution in [0.3, 0.4) is 0 Å². The molecule has 0 aromatic heterocycles. The maximum atomic E-state index is 10.3. The second-order valence-electron chi connectivity index (χ2n) is 1.77. The molecule has 3 nitrogen and oxygen atoms in total. The van der Waals surface area contributed by atoms with E-state index in [0.29, 0.717) is 13.2 Å². The number of allylic oxidation sites excluding steroid dienone is 1. The highest BCUT2D eigenvalue weighted by atomic mass is 16.6. The lowest BCUT2D eigenvalue weighted by molar-refractivity contribution is -0.138. The number of esters is 1. The molecule has 0 aliphatic carbocycles. The molecule has 0 atom stereocenters. The first-order chi connectivity index (χ1) is 5.72. The maximum absolute atomic E-state index is 10.3. The summed E-state index contributed by atoms with van der Waals surface area (Å²) in [6, 6.07) is 0. The van der Waals surface area contributed by atoms with Gasteiger partial charge in [-0.25, -0.2) is 4.79 Å². The van der Waals surface area contributed by atoms with Crippen LogP contribution in [0.1, 0.15) is 6.92 Å². The van der Waals surface area contributed by atoms with E-state index < -0.39 is 5.97 Å². The van der Waals surface area contributed by atoms with Crippen molar-refractivity contribution in [3.8, 4) is 0 Å². The molecular weight excluding hydrogens is 156 g/mol. The lowest BCUT2D eigenvalue weighted by Gasteiger charge is -1.98. The Labute approximate surface area is 73.7 Å². The number of ether oxygens (including phenoxy) is 2. The Morgan fingerprint density at radius 1 is 1.42 bits per heavy atom. The van der Waals surface area contributed by atoms with Crippen LogP contribution in [0, 0.1) is 0 Å². The van der Waals surface area contributed by atoms with Gasteiger partial charge in [-0.05, 0) is 6.92 Å². The molecule has 12 heavy (non-hydrogen) atoms. The number of methoxy groups -OCH3 is 1. The van der Waals surface area contributed by atoms with E-state index in [0.717, 1.165) is 6.08 Å². The molecule has 0 bridgehead atoms. The van der Waals surface area contributed by atoms with E-state index in [4.69, 9.17) is 0 Å². The molecule has 0 aliphatic heterocycles. The minimum Gasteiger partial charge on any atom is -0.460 e. The summed E-state index contributed by atoms with van der Waals surface area (Å²) in [4.78, 5) is 10.3. The fourth-order valence-corrected chi connectivity index (χ4v) is 0.285. The van der Waals surface area contributed by atoms with Crippen LogP contribution in [0.5, 0.6) is 0 Å².